The molecule has 0 bridgehead atoms. The second-order valence-corrected chi connectivity index (χ2v) is 10.7. The largest absolute Gasteiger partial charge is 0.508 e. The van der Waals surface area contributed by atoms with Gasteiger partial charge in [-0.05, 0) is 32.0 Å². The Hall–Kier alpha value is -3.71. The van der Waals surface area contributed by atoms with E-state index >= 15 is 0 Å². The maximum Gasteiger partial charge on any atom is 0.239 e. The molecule has 0 saturated carbocycles. The minimum Gasteiger partial charge on any atom is -0.508 e. The van der Waals surface area contributed by atoms with E-state index in [1.165, 1.54) is 19.1 Å². The number of fused-ring (bicyclic) bond motifs is 1. The third kappa shape index (κ3) is 6.24. The lowest BCUT2D eigenvalue weighted by Gasteiger charge is -2.42. The fourth-order valence-corrected chi connectivity index (χ4v) is 5.09. The van der Waals surface area contributed by atoms with Crippen molar-refractivity contribution in [3.05, 3.63) is 40.6 Å². The van der Waals surface area contributed by atoms with Crippen LogP contribution in [0.15, 0.2) is 39.5 Å². The molecule has 0 amide bonds. The first kappa shape index (κ1) is 32.7. The van der Waals surface area contributed by atoms with Gasteiger partial charge >= 0.3 is 0 Å². The molecular weight excluding hydrogens is 604 g/mol. The van der Waals surface area contributed by atoms with Gasteiger partial charge in [-0.3, -0.25) is 4.79 Å². The lowest BCUT2D eigenvalue weighted by atomic mass is 9.98. The van der Waals surface area contributed by atoms with Crippen LogP contribution < -0.4 is 14.9 Å². The van der Waals surface area contributed by atoms with E-state index in [1.54, 1.807) is 6.92 Å². The number of aliphatic hydroxyl groups is 6. The van der Waals surface area contributed by atoms with Crippen molar-refractivity contribution >= 4 is 11.0 Å². The molecule has 2 aromatic carbocycles. The first-order valence-corrected chi connectivity index (χ1v) is 14.0. The van der Waals surface area contributed by atoms with Gasteiger partial charge < -0.3 is 74.1 Å². The summed E-state index contributed by atoms with van der Waals surface area (Å²) in [5, 5.41) is 92.2. The smallest absolute Gasteiger partial charge is 0.239 e. The third-order valence-corrected chi connectivity index (χ3v) is 7.58. The Morgan fingerprint density at radius 2 is 1.49 bits per heavy atom. The molecule has 0 aliphatic carbocycles. The highest BCUT2D eigenvalue weighted by molar-refractivity contribution is 5.88. The van der Waals surface area contributed by atoms with Gasteiger partial charge in [-0.15, -0.1) is 0 Å². The molecule has 0 radical (unpaired) electrons. The molecule has 0 unspecified atom stereocenters. The molecule has 3 heterocycles. The predicted octanol–water partition coefficient (Wildman–Crippen LogP) is -0.994. The van der Waals surface area contributed by atoms with Crippen LogP contribution in [0, 0.1) is 0 Å². The Balaban J connectivity index is 1.51. The van der Waals surface area contributed by atoms with Crippen LogP contribution in [0.4, 0.5) is 0 Å². The zero-order chi connectivity index (χ0) is 32.7. The number of phenolic OH excluding ortho intramolecular Hbond substituents is 3. The van der Waals surface area contributed by atoms with Gasteiger partial charge in [0.1, 0.15) is 65.2 Å². The molecule has 16 heteroatoms. The van der Waals surface area contributed by atoms with E-state index in [9.17, 15) is 50.8 Å². The second kappa shape index (κ2) is 13.0. The second-order valence-electron chi connectivity index (χ2n) is 10.7. The molecular formula is C29H34O16. The summed E-state index contributed by atoms with van der Waals surface area (Å²) in [5.41, 5.74) is -0.991. The molecule has 0 spiro atoms. The molecule has 2 fully saturated rings. The average Bonchev–Trinajstić information content (AvgIpc) is 3.00. The monoisotopic (exact) mass is 638 g/mol. The maximum absolute atomic E-state index is 13.9. The molecule has 246 valence electrons. The number of benzene rings is 2. The van der Waals surface area contributed by atoms with Gasteiger partial charge in [0.05, 0.1) is 19.3 Å². The maximum atomic E-state index is 13.9. The van der Waals surface area contributed by atoms with Gasteiger partial charge in [-0.25, -0.2) is 0 Å². The highest BCUT2D eigenvalue weighted by Gasteiger charge is 2.48. The van der Waals surface area contributed by atoms with E-state index in [-0.39, 0.29) is 40.4 Å². The molecule has 2 aliphatic rings. The summed E-state index contributed by atoms with van der Waals surface area (Å²) in [4.78, 5) is 13.9. The van der Waals surface area contributed by atoms with E-state index in [1.807, 2.05) is 0 Å². The SMILES string of the molecule is CCOc1cc(O)cc2oc(-c3ccc(O)c(O)c3)c(O[C@@H]3O[C@H](CO[C@@H]4O[C@@H](C)[C@H](O)[C@@H](O)[C@H]4O)[C@@H](O)[C@H](O)[C@H]3O)c(=O)c12. The summed E-state index contributed by atoms with van der Waals surface area (Å²) in [6.07, 6.45) is -16.0. The first-order valence-electron chi connectivity index (χ1n) is 14.0. The zero-order valence-corrected chi connectivity index (χ0v) is 24.0. The number of hydrogen-bond donors (Lipinski definition) is 9. The summed E-state index contributed by atoms with van der Waals surface area (Å²) in [5.74, 6) is -2.34. The zero-order valence-electron chi connectivity index (χ0n) is 24.0. The van der Waals surface area contributed by atoms with Crippen molar-refractivity contribution in [3.63, 3.8) is 0 Å². The fourth-order valence-electron chi connectivity index (χ4n) is 5.09. The normalized spacial score (nSPS) is 32.0. The molecule has 1 aromatic heterocycles. The molecule has 10 atom stereocenters. The minimum absolute atomic E-state index is 0.0182. The molecule has 9 N–H and O–H groups in total. The summed E-state index contributed by atoms with van der Waals surface area (Å²) < 4.78 is 33.8. The summed E-state index contributed by atoms with van der Waals surface area (Å²) in [6.45, 7) is 2.60. The van der Waals surface area contributed by atoms with E-state index in [4.69, 9.17) is 28.1 Å². The van der Waals surface area contributed by atoms with Gasteiger partial charge in [-0.2, -0.15) is 0 Å². The van der Waals surface area contributed by atoms with Crippen molar-refractivity contribution in [2.24, 2.45) is 0 Å². The van der Waals surface area contributed by atoms with Crippen LogP contribution in [0.2, 0.25) is 0 Å². The van der Waals surface area contributed by atoms with Crippen LogP contribution in [0.5, 0.6) is 28.7 Å². The van der Waals surface area contributed by atoms with Gasteiger partial charge in [0.25, 0.3) is 0 Å². The number of hydrogen-bond acceptors (Lipinski definition) is 16. The Bertz CT molecular complexity index is 1570. The Morgan fingerprint density at radius 3 is 2.18 bits per heavy atom. The molecule has 45 heavy (non-hydrogen) atoms. The molecule has 2 saturated heterocycles. The van der Waals surface area contributed by atoms with Crippen LogP contribution >= 0.6 is 0 Å². The topological polar surface area (TPSA) is 258 Å². The number of ether oxygens (including phenoxy) is 5. The van der Waals surface area contributed by atoms with Crippen molar-refractivity contribution in [1.29, 1.82) is 0 Å². The van der Waals surface area contributed by atoms with Crippen LogP contribution in [0.3, 0.4) is 0 Å². The Kier molecular flexibility index (Phi) is 9.41. The number of phenols is 3. The van der Waals surface area contributed by atoms with Gasteiger partial charge in [0.2, 0.25) is 17.5 Å². The lowest BCUT2D eigenvalue weighted by molar-refractivity contribution is -0.318. The van der Waals surface area contributed by atoms with Crippen LogP contribution in [0.1, 0.15) is 13.8 Å². The van der Waals surface area contributed by atoms with E-state index in [0.29, 0.717) is 0 Å². The highest BCUT2D eigenvalue weighted by atomic mass is 16.7. The predicted molar refractivity (Wildman–Crippen MR) is 150 cm³/mol. The standard InChI is InChI=1S/C29H34O16/c1-3-40-15-7-12(30)8-16-18(15)21(35)27(26(43-16)11-4-5-13(31)14(32)6-11)45-29-25(39)23(37)20(34)17(44-29)9-41-28-24(38)22(36)19(33)10(2)42-28/h4-8,10,17,19-20,22-25,28-34,36-39H,3,9H2,1-2H3/t10-,17+,19-,20+,22+,23-,24+,25+,28+,29-/m0/s1. The van der Waals surface area contributed by atoms with E-state index in [2.05, 4.69) is 0 Å². The van der Waals surface area contributed by atoms with Crippen LogP contribution in [-0.2, 0) is 14.2 Å². The molecule has 3 aromatic rings. The van der Waals surface area contributed by atoms with Gasteiger partial charge in [0.15, 0.2) is 23.5 Å². The Morgan fingerprint density at radius 1 is 0.800 bits per heavy atom. The Labute approximate surface area is 254 Å². The number of aliphatic hydroxyl groups excluding tert-OH is 6. The first-order chi connectivity index (χ1) is 21.3. The third-order valence-electron chi connectivity index (χ3n) is 7.58. The minimum atomic E-state index is -1.94. The highest BCUT2D eigenvalue weighted by Crippen LogP contribution is 2.40. The number of aromatic hydroxyl groups is 3. The van der Waals surface area contributed by atoms with Crippen molar-refractivity contribution in [2.75, 3.05) is 13.2 Å². The molecule has 5 rings (SSSR count). The van der Waals surface area contributed by atoms with Crippen LogP contribution in [-0.4, -0.2) is 121 Å². The number of rotatable bonds is 8. The molecule has 16 nitrogen and oxygen atoms in total. The van der Waals surface area contributed by atoms with Crippen LogP contribution in [0.25, 0.3) is 22.3 Å². The van der Waals surface area contributed by atoms with Crippen molar-refractivity contribution in [2.45, 2.75) is 75.3 Å². The fraction of sp³-hybridized carbons (Fsp3) is 0.483. The van der Waals surface area contributed by atoms with E-state index in [0.717, 1.165) is 18.2 Å². The van der Waals surface area contributed by atoms with Gasteiger partial charge in [-0.1, -0.05) is 0 Å². The quantitative estimate of drug-likeness (QED) is 0.134. The summed E-state index contributed by atoms with van der Waals surface area (Å²) >= 11 is 0. The lowest BCUT2D eigenvalue weighted by Crippen LogP contribution is -2.61. The molecule has 2 aliphatic heterocycles. The summed E-state index contributed by atoms with van der Waals surface area (Å²) in [7, 11) is 0. The van der Waals surface area contributed by atoms with E-state index < -0.39 is 90.7 Å². The summed E-state index contributed by atoms with van der Waals surface area (Å²) in [6, 6.07) is 5.79. The van der Waals surface area contributed by atoms with Crippen molar-refractivity contribution in [1.82, 2.24) is 0 Å². The van der Waals surface area contributed by atoms with Crippen molar-refractivity contribution in [3.8, 4) is 40.1 Å². The average molecular weight is 639 g/mol. The van der Waals surface area contributed by atoms with Gasteiger partial charge in [0, 0.05) is 17.7 Å². The van der Waals surface area contributed by atoms with Crippen molar-refractivity contribution < 1.29 is 74.1 Å².